The molecule has 3 nitrogen and oxygen atoms in total. The third-order valence-electron chi connectivity index (χ3n) is 2.54. The summed E-state index contributed by atoms with van der Waals surface area (Å²) in [6, 6.07) is 7.16. The van der Waals surface area contributed by atoms with Gasteiger partial charge in [-0.05, 0) is 25.0 Å². The van der Waals surface area contributed by atoms with Crippen molar-refractivity contribution in [3.63, 3.8) is 0 Å². The number of carbonyl (C=O) groups is 1. The first-order valence-electron chi connectivity index (χ1n) is 5.58. The molecule has 17 heavy (non-hydrogen) atoms. The predicted molar refractivity (Wildman–Crippen MR) is 74.1 cm³/mol. The molecule has 0 saturated heterocycles. The fourth-order valence-corrected chi connectivity index (χ4v) is 1.91. The monoisotopic (exact) mass is 250 g/mol. The fourth-order valence-electron chi connectivity index (χ4n) is 1.58. The number of benzene rings is 1. The molecular formula is C13H18N2OS. The number of hydrogen-bond acceptors (Lipinski definition) is 2. The van der Waals surface area contributed by atoms with Gasteiger partial charge in [0.1, 0.15) is 0 Å². The standard InChI is InChI=1S/C13H18N2OS/c1-8(2)11(12(14)17)15-13(16)10-6-4-5-9(3)7-10/h4-8,11H,1-3H3,(H2,14,17)(H,15,16). The maximum absolute atomic E-state index is 12.0. The highest BCUT2D eigenvalue weighted by atomic mass is 32.1. The summed E-state index contributed by atoms with van der Waals surface area (Å²) in [6.45, 7) is 5.89. The first-order valence-corrected chi connectivity index (χ1v) is 5.99. The average Bonchev–Trinajstić information content (AvgIpc) is 2.24. The van der Waals surface area contributed by atoms with Crippen molar-refractivity contribution in [2.45, 2.75) is 26.8 Å². The molecule has 0 saturated carbocycles. The molecule has 0 bridgehead atoms. The van der Waals surface area contributed by atoms with Crippen LogP contribution in [0, 0.1) is 12.8 Å². The molecule has 0 aliphatic rings. The Hall–Kier alpha value is -1.42. The lowest BCUT2D eigenvalue weighted by Gasteiger charge is -2.21. The number of amides is 1. The summed E-state index contributed by atoms with van der Waals surface area (Å²) < 4.78 is 0. The van der Waals surface area contributed by atoms with Crippen molar-refractivity contribution < 1.29 is 4.79 Å². The Bertz CT molecular complexity index is 429. The minimum atomic E-state index is -0.266. The molecule has 1 unspecified atom stereocenters. The molecule has 0 aromatic heterocycles. The van der Waals surface area contributed by atoms with Crippen LogP contribution in [0.15, 0.2) is 24.3 Å². The van der Waals surface area contributed by atoms with E-state index in [4.69, 9.17) is 18.0 Å². The second kappa shape index (κ2) is 5.77. The van der Waals surface area contributed by atoms with Crippen LogP contribution in [0.4, 0.5) is 0 Å². The third-order valence-corrected chi connectivity index (χ3v) is 2.79. The number of thiocarbonyl (C=S) groups is 1. The van der Waals surface area contributed by atoms with Crippen molar-refractivity contribution in [2.24, 2.45) is 11.7 Å². The van der Waals surface area contributed by atoms with Gasteiger partial charge in [-0.25, -0.2) is 0 Å². The zero-order valence-electron chi connectivity index (χ0n) is 10.4. The molecule has 0 aliphatic heterocycles. The lowest BCUT2D eigenvalue weighted by atomic mass is 10.0. The molecule has 1 aromatic carbocycles. The van der Waals surface area contributed by atoms with Gasteiger partial charge in [-0.1, -0.05) is 43.8 Å². The highest BCUT2D eigenvalue weighted by molar-refractivity contribution is 7.80. The summed E-state index contributed by atoms with van der Waals surface area (Å²) in [6.07, 6.45) is 0. The van der Waals surface area contributed by atoms with Crippen LogP contribution < -0.4 is 11.1 Å². The van der Waals surface area contributed by atoms with E-state index in [1.54, 1.807) is 6.07 Å². The Labute approximate surface area is 107 Å². The molecular weight excluding hydrogens is 232 g/mol. The topological polar surface area (TPSA) is 55.1 Å². The predicted octanol–water partition coefficient (Wildman–Crippen LogP) is 2.04. The molecule has 1 rings (SSSR count). The van der Waals surface area contributed by atoms with Crippen molar-refractivity contribution in [3.8, 4) is 0 Å². The Kier molecular flexibility index (Phi) is 4.63. The molecule has 3 N–H and O–H groups in total. The number of aryl methyl sites for hydroxylation is 1. The Morgan fingerprint density at radius 1 is 1.41 bits per heavy atom. The molecule has 1 atom stereocenters. The Morgan fingerprint density at radius 2 is 2.06 bits per heavy atom. The zero-order valence-corrected chi connectivity index (χ0v) is 11.2. The maximum Gasteiger partial charge on any atom is 0.251 e. The van der Waals surface area contributed by atoms with E-state index in [0.29, 0.717) is 10.6 Å². The van der Waals surface area contributed by atoms with Gasteiger partial charge in [-0.2, -0.15) is 0 Å². The lowest BCUT2D eigenvalue weighted by Crippen LogP contribution is -2.46. The number of nitrogens with two attached hydrogens (primary N) is 1. The minimum absolute atomic E-state index is 0.139. The lowest BCUT2D eigenvalue weighted by molar-refractivity contribution is 0.0940. The highest BCUT2D eigenvalue weighted by Crippen LogP contribution is 2.07. The van der Waals surface area contributed by atoms with Gasteiger partial charge in [0.15, 0.2) is 0 Å². The number of hydrogen-bond donors (Lipinski definition) is 2. The molecule has 4 heteroatoms. The second-order valence-corrected chi connectivity index (χ2v) is 4.94. The van der Waals surface area contributed by atoms with E-state index >= 15 is 0 Å². The van der Waals surface area contributed by atoms with Crippen LogP contribution in [0.2, 0.25) is 0 Å². The van der Waals surface area contributed by atoms with E-state index in [1.165, 1.54) is 0 Å². The molecule has 0 spiro atoms. The van der Waals surface area contributed by atoms with Gasteiger partial charge in [0.2, 0.25) is 0 Å². The molecule has 92 valence electrons. The van der Waals surface area contributed by atoms with Crippen molar-refractivity contribution >= 4 is 23.1 Å². The molecule has 0 aliphatic carbocycles. The number of carbonyl (C=O) groups excluding carboxylic acids is 1. The molecule has 1 amide bonds. The number of rotatable bonds is 4. The van der Waals surface area contributed by atoms with Crippen LogP contribution in [0.1, 0.15) is 29.8 Å². The van der Waals surface area contributed by atoms with Crippen molar-refractivity contribution in [3.05, 3.63) is 35.4 Å². The van der Waals surface area contributed by atoms with Crippen molar-refractivity contribution in [1.29, 1.82) is 0 Å². The van der Waals surface area contributed by atoms with Gasteiger partial charge in [0.25, 0.3) is 5.91 Å². The largest absolute Gasteiger partial charge is 0.392 e. The average molecular weight is 250 g/mol. The van der Waals surface area contributed by atoms with Crippen LogP contribution in [-0.4, -0.2) is 16.9 Å². The first kappa shape index (κ1) is 13.6. The summed E-state index contributed by atoms with van der Waals surface area (Å²) in [7, 11) is 0. The second-order valence-electron chi connectivity index (χ2n) is 4.47. The van der Waals surface area contributed by atoms with Gasteiger partial charge in [0, 0.05) is 5.56 Å². The van der Waals surface area contributed by atoms with Crippen LogP contribution in [0.3, 0.4) is 0 Å². The summed E-state index contributed by atoms with van der Waals surface area (Å²) in [5, 5.41) is 2.85. The van der Waals surface area contributed by atoms with E-state index in [-0.39, 0.29) is 17.9 Å². The smallest absolute Gasteiger partial charge is 0.251 e. The van der Waals surface area contributed by atoms with E-state index in [1.807, 2.05) is 39.0 Å². The summed E-state index contributed by atoms with van der Waals surface area (Å²) in [4.78, 5) is 12.3. The van der Waals surface area contributed by atoms with E-state index in [0.717, 1.165) is 5.56 Å². The SMILES string of the molecule is Cc1cccc(C(=O)NC(C(N)=S)C(C)C)c1. The first-order chi connectivity index (χ1) is 7.91. The maximum atomic E-state index is 12.0. The van der Waals surface area contributed by atoms with Gasteiger partial charge in [-0.15, -0.1) is 0 Å². The Morgan fingerprint density at radius 3 is 2.53 bits per heavy atom. The van der Waals surface area contributed by atoms with Gasteiger partial charge >= 0.3 is 0 Å². The highest BCUT2D eigenvalue weighted by Gasteiger charge is 2.19. The molecule has 0 fully saturated rings. The van der Waals surface area contributed by atoms with Crippen LogP contribution in [0.5, 0.6) is 0 Å². The van der Waals surface area contributed by atoms with Crippen LogP contribution in [0.25, 0.3) is 0 Å². The summed E-state index contributed by atoms with van der Waals surface area (Å²) in [5.74, 6) is 0.0430. The van der Waals surface area contributed by atoms with Crippen molar-refractivity contribution in [1.82, 2.24) is 5.32 Å². The zero-order chi connectivity index (χ0) is 13.0. The van der Waals surface area contributed by atoms with Gasteiger partial charge in [0.05, 0.1) is 11.0 Å². The minimum Gasteiger partial charge on any atom is -0.392 e. The third kappa shape index (κ3) is 3.82. The Balaban J connectivity index is 2.81. The molecule has 0 heterocycles. The van der Waals surface area contributed by atoms with Gasteiger partial charge < -0.3 is 11.1 Å². The summed E-state index contributed by atoms with van der Waals surface area (Å²) in [5.41, 5.74) is 7.29. The number of nitrogens with one attached hydrogen (secondary N) is 1. The van der Waals surface area contributed by atoms with Crippen LogP contribution in [-0.2, 0) is 0 Å². The van der Waals surface area contributed by atoms with Crippen LogP contribution >= 0.6 is 12.2 Å². The van der Waals surface area contributed by atoms with E-state index < -0.39 is 0 Å². The van der Waals surface area contributed by atoms with E-state index in [9.17, 15) is 4.79 Å². The quantitative estimate of drug-likeness (QED) is 0.804. The molecule has 1 aromatic rings. The van der Waals surface area contributed by atoms with Crippen molar-refractivity contribution in [2.75, 3.05) is 0 Å². The normalized spacial score (nSPS) is 12.2. The van der Waals surface area contributed by atoms with Gasteiger partial charge in [-0.3, -0.25) is 4.79 Å². The molecule has 0 radical (unpaired) electrons. The summed E-state index contributed by atoms with van der Waals surface area (Å²) >= 11 is 4.95. The van der Waals surface area contributed by atoms with E-state index in [2.05, 4.69) is 5.32 Å². The fraction of sp³-hybridized carbons (Fsp3) is 0.385.